The van der Waals surface area contributed by atoms with Crippen molar-refractivity contribution in [2.75, 3.05) is 19.0 Å². The molecule has 0 unspecified atom stereocenters. The van der Waals surface area contributed by atoms with E-state index in [1.807, 2.05) is 10.3 Å². The summed E-state index contributed by atoms with van der Waals surface area (Å²) in [7, 11) is -3.79. The highest BCUT2D eigenvalue weighted by Gasteiger charge is 2.23. The molecule has 2 aromatic rings. The Balaban J connectivity index is 1.73. The van der Waals surface area contributed by atoms with E-state index in [-0.39, 0.29) is 16.7 Å². The van der Waals surface area contributed by atoms with Crippen molar-refractivity contribution in [3.8, 4) is 5.69 Å². The zero-order chi connectivity index (χ0) is 20.3. The quantitative estimate of drug-likeness (QED) is 0.667. The first kappa shape index (κ1) is 20.6. The standard InChI is InChI=1S/C16H19ClFN5O4S/c1-10-19-9-20-23(10)12-6-13(15(18)14(17)7-12)16(24)21-22-28(25,26)8-11-2-4-27-5-3-11/h6-7,9,11,22H,2-5,8H2,1H3,(H,21,24). The van der Waals surface area contributed by atoms with E-state index in [9.17, 15) is 17.6 Å². The number of halogens is 2. The van der Waals surface area contributed by atoms with Gasteiger partial charge >= 0.3 is 0 Å². The van der Waals surface area contributed by atoms with Crippen LogP contribution < -0.4 is 10.3 Å². The molecule has 1 aromatic heterocycles. The molecule has 1 aliphatic heterocycles. The number of nitrogens with one attached hydrogen (secondary N) is 2. The minimum atomic E-state index is -3.79. The molecule has 0 aliphatic carbocycles. The molecule has 2 heterocycles. The molecule has 1 aliphatic rings. The maximum Gasteiger partial charge on any atom is 0.269 e. The van der Waals surface area contributed by atoms with Gasteiger partial charge in [0.2, 0.25) is 10.0 Å². The Kier molecular flexibility index (Phi) is 6.28. The second-order valence-corrected chi connectivity index (χ2v) is 8.58. The second kappa shape index (κ2) is 8.52. The van der Waals surface area contributed by atoms with Gasteiger partial charge in [-0.25, -0.2) is 22.5 Å². The van der Waals surface area contributed by atoms with Crippen LogP contribution in [0.3, 0.4) is 0 Å². The van der Waals surface area contributed by atoms with Crippen LogP contribution >= 0.6 is 11.6 Å². The molecule has 2 N–H and O–H groups in total. The number of ether oxygens (including phenoxy) is 1. The second-order valence-electron chi connectivity index (χ2n) is 6.40. The Hall–Kier alpha value is -2.08. The highest BCUT2D eigenvalue weighted by atomic mass is 35.5. The van der Waals surface area contributed by atoms with Gasteiger partial charge in [-0.2, -0.15) is 5.10 Å². The molecular weight excluding hydrogens is 413 g/mol. The molecule has 1 saturated heterocycles. The summed E-state index contributed by atoms with van der Waals surface area (Å²) in [5.41, 5.74) is 1.92. The van der Waals surface area contributed by atoms with Gasteiger partial charge in [-0.05, 0) is 37.8 Å². The van der Waals surface area contributed by atoms with E-state index in [1.54, 1.807) is 6.92 Å². The van der Waals surface area contributed by atoms with Gasteiger partial charge in [-0.15, -0.1) is 4.83 Å². The summed E-state index contributed by atoms with van der Waals surface area (Å²) in [5, 5.41) is 3.68. The van der Waals surface area contributed by atoms with E-state index in [4.69, 9.17) is 16.3 Å². The molecule has 0 bridgehead atoms. The fraction of sp³-hybridized carbons (Fsp3) is 0.438. The van der Waals surface area contributed by atoms with Crippen LogP contribution in [0.2, 0.25) is 5.02 Å². The number of aryl methyl sites for hydroxylation is 1. The van der Waals surface area contributed by atoms with Crippen molar-refractivity contribution in [3.05, 3.63) is 40.7 Å². The summed E-state index contributed by atoms with van der Waals surface area (Å²) < 4.78 is 45.3. The van der Waals surface area contributed by atoms with Crippen molar-refractivity contribution >= 4 is 27.5 Å². The molecule has 152 valence electrons. The van der Waals surface area contributed by atoms with Crippen molar-refractivity contribution in [3.63, 3.8) is 0 Å². The smallest absolute Gasteiger partial charge is 0.269 e. The third kappa shape index (κ3) is 4.85. The molecule has 0 radical (unpaired) electrons. The topological polar surface area (TPSA) is 115 Å². The SMILES string of the molecule is Cc1ncnn1-c1cc(Cl)c(F)c(C(=O)NNS(=O)(=O)CC2CCOCC2)c1. The van der Waals surface area contributed by atoms with Crippen molar-refractivity contribution in [1.29, 1.82) is 0 Å². The van der Waals surface area contributed by atoms with Gasteiger partial charge in [0.15, 0.2) is 5.82 Å². The zero-order valence-electron chi connectivity index (χ0n) is 15.0. The summed E-state index contributed by atoms with van der Waals surface area (Å²) >= 11 is 5.88. The number of carbonyl (C=O) groups excluding carboxylic acids is 1. The molecule has 1 fully saturated rings. The average molecular weight is 432 g/mol. The van der Waals surface area contributed by atoms with Gasteiger partial charge in [0.25, 0.3) is 5.91 Å². The van der Waals surface area contributed by atoms with E-state index in [1.165, 1.54) is 23.1 Å². The molecule has 1 aromatic carbocycles. The number of aromatic nitrogens is 3. The minimum absolute atomic E-state index is 0.0621. The van der Waals surface area contributed by atoms with Gasteiger partial charge in [-0.3, -0.25) is 10.2 Å². The van der Waals surface area contributed by atoms with Crippen LogP contribution in [0.5, 0.6) is 0 Å². The highest BCUT2D eigenvalue weighted by Crippen LogP contribution is 2.23. The summed E-state index contributed by atoms with van der Waals surface area (Å²) in [6.45, 7) is 2.68. The maximum absolute atomic E-state index is 14.3. The Morgan fingerprint density at radius 1 is 1.39 bits per heavy atom. The summed E-state index contributed by atoms with van der Waals surface area (Å²) in [6, 6.07) is 2.51. The van der Waals surface area contributed by atoms with E-state index in [2.05, 4.69) is 10.1 Å². The van der Waals surface area contributed by atoms with Crippen LogP contribution in [-0.2, 0) is 14.8 Å². The van der Waals surface area contributed by atoms with E-state index >= 15 is 0 Å². The summed E-state index contributed by atoms with van der Waals surface area (Å²) in [4.78, 5) is 18.3. The molecule has 1 amide bonds. The number of hydrogen-bond acceptors (Lipinski definition) is 6. The lowest BCUT2D eigenvalue weighted by Gasteiger charge is -2.21. The number of hydrogen-bond donors (Lipinski definition) is 2. The number of nitrogens with zero attached hydrogens (tertiary/aromatic N) is 3. The first-order valence-corrected chi connectivity index (χ1v) is 10.5. The summed E-state index contributed by atoms with van der Waals surface area (Å²) in [5.74, 6) is -1.66. The third-order valence-corrected chi connectivity index (χ3v) is 5.93. The van der Waals surface area contributed by atoms with Crippen molar-refractivity contribution in [2.45, 2.75) is 19.8 Å². The molecular formula is C16H19ClFN5O4S. The van der Waals surface area contributed by atoms with E-state index < -0.39 is 27.3 Å². The number of rotatable bonds is 6. The molecule has 0 spiro atoms. The Morgan fingerprint density at radius 3 is 2.75 bits per heavy atom. The van der Waals surface area contributed by atoms with Crippen LogP contribution in [0.25, 0.3) is 5.69 Å². The Bertz CT molecular complexity index is 975. The van der Waals surface area contributed by atoms with Crippen molar-refractivity contribution in [1.82, 2.24) is 25.0 Å². The number of hydrazine groups is 1. The number of amides is 1. The first-order valence-electron chi connectivity index (χ1n) is 8.50. The lowest BCUT2D eigenvalue weighted by Crippen LogP contribution is -2.44. The van der Waals surface area contributed by atoms with Crippen LogP contribution in [0.4, 0.5) is 4.39 Å². The Morgan fingerprint density at radius 2 is 2.11 bits per heavy atom. The highest BCUT2D eigenvalue weighted by molar-refractivity contribution is 7.89. The van der Waals surface area contributed by atoms with Crippen LogP contribution in [0.15, 0.2) is 18.5 Å². The molecule has 3 rings (SSSR count). The van der Waals surface area contributed by atoms with Crippen molar-refractivity contribution in [2.24, 2.45) is 5.92 Å². The van der Waals surface area contributed by atoms with Gasteiger partial charge in [0, 0.05) is 13.2 Å². The van der Waals surface area contributed by atoms with Gasteiger partial charge in [0.05, 0.1) is 22.0 Å². The normalized spacial score (nSPS) is 15.5. The Labute approximate surface area is 166 Å². The lowest BCUT2D eigenvalue weighted by molar-refractivity contribution is 0.0722. The fourth-order valence-electron chi connectivity index (χ4n) is 2.87. The first-order chi connectivity index (χ1) is 13.3. The minimum Gasteiger partial charge on any atom is -0.381 e. The molecule has 9 nitrogen and oxygen atoms in total. The largest absolute Gasteiger partial charge is 0.381 e. The monoisotopic (exact) mass is 431 g/mol. The van der Waals surface area contributed by atoms with Crippen LogP contribution in [0.1, 0.15) is 29.0 Å². The molecule has 0 saturated carbocycles. The average Bonchev–Trinajstić information content (AvgIpc) is 3.08. The molecule has 12 heteroatoms. The van der Waals surface area contributed by atoms with Gasteiger partial charge in [-0.1, -0.05) is 11.6 Å². The zero-order valence-corrected chi connectivity index (χ0v) is 16.6. The van der Waals surface area contributed by atoms with Crippen molar-refractivity contribution < 1.29 is 22.3 Å². The molecule has 0 atom stereocenters. The number of sulfonamides is 1. The van der Waals surface area contributed by atoms with Gasteiger partial charge < -0.3 is 4.74 Å². The predicted molar refractivity (Wildman–Crippen MR) is 99.0 cm³/mol. The molecule has 28 heavy (non-hydrogen) atoms. The van der Waals surface area contributed by atoms with Gasteiger partial charge in [0.1, 0.15) is 12.2 Å². The van der Waals surface area contributed by atoms with Crippen LogP contribution in [-0.4, -0.2) is 48.1 Å². The third-order valence-electron chi connectivity index (χ3n) is 4.34. The fourth-order valence-corrected chi connectivity index (χ4v) is 4.37. The van der Waals surface area contributed by atoms with Crippen LogP contribution in [0, 0.1) is 18.7 Å². The maximum atomic E-state index is 14.3. The number of carbonyl (C=O) groups is 1. The predicted octanol–water partition coefficient (Wildman–Crippen LogP) is 1.36. The van der Waals surface area contributed by atoms with E-state index in [0.717, 1.165) is 0 Å². The van der Waals surface area contributed by atoms with E-state index in [0.29, 0.717) is 37.6 Å². The number of benzene rings is 1. The lowest BCUT2D eigenvalue weighted by atomic mass is 10.0. The summed E-state index contributed by atoms with van der Waals surface area (Å²) in [6.07, 6.45) is 2.55.